The third-order valence-electron chi connectivity index (χ3n) is 4.76. The number of nitrogens with one attached hydrogen (secondary N) is 2. The van der Waals surface area contributed by atoms with Crippen molar-refractivity contribution in [1.29, 1.82) is 0 Å². The lowest BCUT2D eigenvalue weighted by atomic mass is 10.1. The van der Waals surface area contributed by atoms with Gasteiger partial charge in [-0.3, -0.25) is 14.5 Å². The van der Waals surface area contributed by atoms with Crippen molar-refractivity contribution in [1.82, 2.24) is 10.2 Å². The van der Waals surface area contributed by atoms with Gasteiger partial charge in [0.25, 0.3) is 0 Å². The van der Waals surface area contributed by atoms with Crippen molar-refractivity contribution in [3.8, 4) is 0 Å². The number of carbonyl (C=O) groups is 3. The number of carbonyl (C=O) groups excluding carboxylic acids is 2. The van der Waals surface area contributed by atoms with Crippen LogP contribution in [-0.4, -0.2) is 67.1 Å². The lowest BCUT2D eigenvalue weighted by Crippen LogP contribution is -2.49. The van der Waals surface area contributed by atoms with Gasteiger partial charge in [0.2, 0.25) is 11.8 Å². The van der Waals surface area contributed by atoms with Gasteiger partial charge in [0.05, 0.1) is 17.8 Å². The first-order chi connectivity index (χ1) is 13.4. The van der Waals surface area contributed by atoms with Gasteiger partial charge in [-0.2, -0.15) is 0 Å². The molecule has 8 nitrogen and oxygen atoms in total. The van der Waals surface area contributed by atoms with Crippen LogP contribution in [0.25, 0.3) is 0 Å². The summed E-state index contributed by atoms with van der Waals surface area (Å²) in [5, 5.41) is 15.2. The molecule has 8 heteroatoms. The topological polar surface area (TPSA) is 102 Å². The van der Waals surface area contributed by atoms with Gasteiger partial charge in [-0.25, -0.2) is 4.79 Å². The van der Waals surface area contributed by atoms with Gasteiger partial charge in [0.1, 0.15) is 0 Å². The molecule has 2 amide bonds. The first-order valence-electron chi connectivity index (χ1n) is 9.85. The number of piperazine rings is 1. The summed E-state index contributed by atoms with van der Waals surface area (Å²) in [6.07, 6.45) is 2.36. The van der Waals surface area contributed by atoms with Crippen molar-refractivity contribution in [2.75, 3.05) is 49.5 Å². The zero-order valence-electron chi connectivity index (χ0n) is 16.7. The molecule has 28 heavy (non-hydrogen) atoms. The first-order valence-corrected chi connectivity index (χ1v) is 9.85. The largest absolute Gasteiger partial charge is 0.478 e. The molecule has 0 atom stereocenters. The molecule has 0 spiro atoms. The number of carboxylic acids is 1. The fraction of sp³-hybridized carbons (Fsp3) is 0.550. The summed E-state index contributed by atoms with van der Waals surface area (Å²) in [6.45, 7) is 7.56. The maximum Gasteiger partial charge on any atom is 0.337 e. The molecule has 1 saturated heterocycles. The standard InChI is InChI=1S/C20H30N4O4/c1-3-5-8-21-19(26)14-23-9-11-24(12-10-23)17-7-6-15(22-18(25)4-2)13-16(17)20(27)28/h6-7,13H,3-5,8-12,14H2,1-2H3,(H,21,26)(H,22,25)(H,27,28). The molecule has 0 saturated carbocycles. The van der Waals surface area contributed by atoms with E-state index in [0.717, 1.165) is 12.8 Å². The van der Waals surface area contributed by atoms with Gasteiger partial charge in [-0.1, -0.05) is 20.3 Å². The Balaban J connectivity index is 1.96. The van der Waals surface area contributed by atoms with E-state index in [4.69, 9.17) is 0 Å². The molecule has 2 rings (SSSR count). The van der Waals surface area contributed by atoms with E-state index in [9.17, 15) is 19.5 Å². The number of unbranched alkanes of at least 4 members (excludes halogenated alkanes) is 1. The van der Waals surface area contributed by atoms with E-state index < -0.39 is 5.97 Å². The van der Waals surface area contributed by atoms with Crippen molar-refractivity contribution >= 4 is 29.2 Å². The maximum absolute atomic E-state index is 12.0. The number of carboxylic acid groups (broad SMARTS) is 1. The Kier molecular flexibility index (Phi) is 8.25. The van der Waals surface area contributed by atoms with Crippen LogP contribution in [0.5, 0.6) is 0 Å². The minimum atomic E-state index is -1.03. The van der Waals surface area contributed by atoms with E-state index in [1.165, 1.54) is 6.07 Å². The Morgan fingerprint density at radius 3 is 2.39 bits per heavy atom. The van der Waals surface area contributed by atoms with Crippen LogP contribution in [0, 0.1) is 0 Å². The monoisotopic (exact) mass is 390 g/mol. The van der Waals surface area contributed by atoms with Crippen LogP contribution in [0.3, 0.4) is 0 Å². The highest BCUT2D eigenvalue weighted by Gasteiger charge is 2.23. The Hall–Kier alpha value is -2.61. The van der Waals surface area contributed by atoms with Crippen molar-refractivity contribution < 1.29 is 19.5 Å². The average Bonchev–Trinajstić information content (AvgIpc) is 2.68. The highest BCUT2D eigenvalue weighted by Crippen LogP contribution is 2.26. The second-order valence-electron chi connectivity index (χ2n) is 6.91. The van der Waals surface area contributed by atoms with Crippen molar-refractivity contribution in [3.05, 3.63) is 23.8 Å². The van der Waals surface area contributed by atoms with Crippen LogP contribution >= 0.6 is 0 Å². The number of nitrogens with zero attached hydrogens (tertiary/aromatic N) is 2. The zero-order chi connectivity index (χ0) is 20.5. The predicted octanol–water partition coefficient (Wildman–Crippen LogP) is 1.77. The number of hydrogen-bond acceptors (Lipinski definition) is 5. The molecule has 3 N–H and O–H groups in total. The van der Waals surface area contributed by atoms with E-state index in [1.807, 2.05) is 4.90 Å². The SMILES string of the molecule is CCCCNC(=O)CN1CCN(c2ccc(NC(=O)CC)cc2C(=O)O)CC1. The molecule has 1 aliphatic heterocycles. The number of amides is 2. The smallest absolute Gasteiger partial charge is 0.337 e. The third-order valence-corrected chi connectivity index (χ3v) is 4.76. The Morgan fingerprint density at radius 2 is 1.79 bits per heavy atom. The Morgan fingerprint density at radius 1 is 1.07 bits per heavy atom. The number of benzene rings is 1. The fourth-order valence-electron chi connectivity index (χ4n) is 3.12. The van der Waals surface area contributed by atoms with Gasteiger partial charge < -0.3 is 20.6 Å². The molecule has 0 aromatic heterocycles. The molecule has 0 radical (unpaired) electrons. The van der Waals surface area contributed by atoms with Crippen molar-refractivity contribution in [2.24, 2.45) is 0 Å². The highest BCUT2D eigenvalue weighted by atomic mass is 16.4. The summed E-state index contributed by atoms with van der Waals surface area (Å²) in [5.41, 5.74) is 1.28. The summed E-state index contributed by atoms with van der Waals surface area (Å²) in [4.78, 5) is 39.3. The van der Waals surface area contributed by atoms with Crippen LogP contribution in [-0.2, 0) is 9.59 Å². The Bertz CT molecular complexity index is 699. The second-order valence-corrected chi connectivity index (χ2v) is 6.91. The van der Waals surface area contributed by atoms with Crippen LogP contribution < -0.4 is 15.5 Å². The average molecular weight is 390 g/mol. The third kappa shape index (κ3) is 6.23. The lowest BCUT2D eigenvalue weighted by Gasteiger charge is -2.36. The van der Waals surface area contributed by atoms with Crippen LogP contribution in [0.1, 0.15) is 43.5 Å². The molecule has 1 aromatic carbocycles. The van der Waals surface area contributed by atoms with E-state index in [2.05, 4.69) is 22.5 Å². The molecule has 1 heterocycles. The fourth-order valence-corrected chi connectivity index (χ4v) is 3.12. The van der Waals surface area contributed by atoms with Gasteiger partial charge in [0.15, 0.2) is 0 Å². The van der Waals surface area contributed by atoms with Crippen molar-refractivity contribution in [2.45, 2.75) is 33.1 Å². The molecule has 154 valence electrons. The van der Waals surface area contributed by atoms with Gasteiger partial charge in [0, 0.05) is 44.8 Å². The van der Waals surface area contributed by atoms with E-state index in [0.29, 0.717) is 57.1 Å². The minimum Gasteiger partial charge on any atom is -0.478 e. The summed E-state index contributed by atoms with van der Waals surface area (Å²) in [5.74, 6) is -1.15. The molecule has 1 fully saturated rings. The van der Waals surface area contributed by atoms with E-state index >= 15 is 0 Å². The number of anilines is 2. The number of rotatable bonds is 9. The van der Waals surface area contributed by atoms with Gasteiger partial charge >= 0.3 is 5.97 Å². The quantitative estimate of drug-likeness (QED) is 0.556. The summed E-state index contributed by atoms with van der Waals surface area (Å²) < 4.78 is 0. The van der Waals surface area contributed by atoms with Crippen molar-refractivity contribution in [3.63, 3.8) is 0 Å². The maximum atomic E-state index is 12.0. The molecule has 0 bridgehead atoms. The lowest BCUT2D eigenvalue weighted by molar-refractivity contribution is -0.122. The number of aromatic carboxylic acids is 1. The van der Waals surface area contributed by atoms with Crippen LogP contribution in [0.15, 0.2) is 18.2 Å². The Labute approximate surface area is 165 Å². The summed E-state index contributed by atoms with van der Waals surface area (Å²) >= 11 is 0. The van der Waals surface area contributed by atoms with Crippen LogP contribution in [0.4, 0.5) is 11.4 Å². The zero-order valence-corrected chi connectivity index (χ0v) is 16.7. The predicted molar refractivity (Wildman–Crippen MR) is 109 cm³/mol. The molecule has 0 aliphatic carbocycles. The summed E-state index contributed by atoms with van der Waals surface area (Å²) in [7, 11) is 0. The highest BCUT2D eigenvalue weighted by molar-refractivity contribution is 5.98. The van der Waals surface area contributed by atoms with Gasteiger partial charge in [-0.15, -0.1) is 0 Å². The second kappa shape index (κ2) is 10.7. The molecular weight excluding hydrogens is 360 g/mol. The molecule has 1 aliphatic rings. The van der Waals surface area contributed by atoms with E-state index in [-0.39, 0.29) is 17.4 Å². The molecular formula is C20H30N4O4. The van der Waals surface area contributed by atoms with Gasteiger partial charge in [-0.05, 0) is 24.6 Å². The molecule has 1 aromatic rings. The number of hydrogen-bond donors (Lipinski definition) is 3. The minimum absolute atomic E-state index is 0.0316. The molecule has 0 unspecified atom stereocenters. The summed E-state index contributed by atoms with van der Waals surface area (Å²) in [6, 6.07) is 4.96. The normalized spacial score (nSPS) is 14.6. The first kappa shape index (κ1) is 21.7. The van der Waals surface area contributed by atoms with Crippen LogP contribution in [0.2, 0.25) is 0 Å². The van der Waals surface area contributed by atoms with E-state index in [1.54, 1.807) is 19.1 Å².